The molecule has 2 aromatic rings. The van der Waals surface area contributed by atoms with Crippen molar-refractivity contribution in [1.82, 2.24) is 10.3 Å². The molecule has 1 fully saturated rings. The van der Waals surface area contributed by atoms with Crippen molar-refractivity contribution in [2.75, 3.05) is 11.5 Å². The van der Waals surface area contributed by atoms with Crippen LogP contribution in [0.4, 0.5) is 0 Å². The van der Waals surface area contributed by atoms with Crippen LogP contribution in [0.25, 0.3) is 11.3 Å². The maximum Gasteiger partial charge on any atom is 0.224 e. The van der Waals surface area contributed by atoms with Crippen LogP contribution >= 0.6 is 11.3 Å². The standard InChI is InChI=1S/C15H16N2O3S2/c18-15(12-6-7-22(19,20)10-12)16-8-14-17-13(9-21-14)11-4-2-1-3-5-11/h1-5,9,12H,6-8,10H2,(H,16,18)/t12-/m0/s1. The van der Waals surface area contributed by atoms with Crippen molar-refractivity contribution in [1.29, 1.82) is 0 Å². The highest BCUT2D eigenvalue weighted by molar-refractivity contribution is 7.91. The summed E-state index contributed by atoms with van der Waals surface area (Å²) in [7, 11) is -3.03. The molecule has 1 aromatic carbocycles. The molecule has 1 aliphatic heterocycles. The molecule has 1 saturated heterocycles. The van der Waals surface area contributed by atoms with Gasteiger partial charge in [-0.1, -0.05) is 30.3 Å². The van der Waals surface area contributed by atoms with Gasteiger partial charge in [0.15, 0.2) is 9.84 Å². The number of carbonyl (C=O) groups excluding carboxylic acids is 1. The minimum atomic E-state index is -3.03. The summed E-state index contributed by atoms with van der Waals surface area (Å²) in [6, 6.07) is 9.83. The third kappa shape index (κ3) is 3.53. The third-order valence-electron chi connectivity index (χ3n) is 3.64. The number of aromatic nitrogens is 1. The maximum atomic E-state index is 12.0. The van der Waals surface area contributed by atoms with Gasteiger partial charge in [0.2, 0.25) is 5.91 Å². The number of nitrogens with one attached hydrogen (secondary N) is 1. The number of rotatable bonds is 4. The number of carbonyl (C=O) groups is 1. The fraction of sp³-hybridized carbons (Fsp3) is 0.333. The van der Waals surface area contributed by atoms with E-state index in [1.54, 1.807) is 0 Å². The smallest absolute Gasteiger partial charge is 0.224 e. The lowest BCUT2D eigenvalue weighted by Crippen LogP contribution is -2.30. The van der Waals surface area contributed by atoms with E-state index in [1.807, 2.05) is 35.7 Å². The average Bonchev–Trinajstić information content (AvgIpc) is 3.12. The molecule has 0 saturated carbocycles. The van der Waals surface area contributed by atoms with Crippen molar-refractivity contribution >= 4 is 27.1 Å². The molecule has 7 heteroatoms. The van der Waals surface area contributed by atoms with Crippen molar-refractivity contribution in [3.8, 4) is 11.3 Å². The van der Waals surface area contributed by atoms with E-state index in [4.69, 9.17) is 0 Å². The van der Waals surface area contributed by atoms with E-state index in [0.29, 0.717) is 13.0 Å². The highest BCUT2D eigenvalue weighted by Crippen LogP contribution is 2.22. The molecule has 3 rings (SSSR count). The number of hydrogen-bond acceptors (Lipinski definition) is 5. The third-order valence-corrected chi connectivity index (χ3v) is 6.26. The van der Waals surface area contributed by atoms with Gasteiger partial charge in [-0.3, -0.25) is 4.79 Å². The van der Waals surface area contributed by atoms with Gasteiger partial charge in [0.05, 0.1) is 29.7 Å². The first kappa shape index (κ1) is 15.2. The zero-order valence-corrected chi connectivity index (χ0v) is 13.5. The van der Waals surface area contributed by atoms with Crippen molar-refractivity contribution in [2.45, 2.75) is 13.0 Å². The normalized spacial score (nSPS) is 19.9. The van der Waals surface area contributed by atoms with E-state index >= 15 is 0 Å². The summed E-state index contributed by atoms with van der Waals surface area (Å²) in [5, 5.41) is 5.56. The first-order valence-electron chi connectivity index (χ1n) is 7.01. The van der Waals surface area contributed by atoms with E-state index in [1.165, 1.54) is 11.3 Å². The molecule has 22 heavy (non-hydrogen) atoms. The molecule has 116 valence electrons. The van der Waals surface area contributed by atoms with Crippen LogP contribution in [-0.4, -0.2) is 30.8 Å². The Kier molecular flexibility index (Phi) is 4.26. The summed E-state index contributed by atoms with van der Waals surface area (Å²) >= 11 is 1.48. The van der Waals surface area contributed by atoms with Gasteiger partial charge in [0.1, 0.15) is 5.01 Å². The number of sulfone groups is 1. The van der Waals surface area contributed by atoms with E-state index in [9.17, 15) is 13.2 Å². The minimum absolute atomic E-state index is 0.0357. The molecule has 0 unspecified atom stereocenters. The van der Waals surface area contributed by atoms with Gasteiger partial charge in [-0.05, 0) is 6.42 Å². The van der Waals surface area contributed by atoms with E-state index in [2.05, 4.69) is 10.3 Å². The second-order valence-corrected chi connectivity index (χ2v) is 8.48. The summed E-state index contributed by atoms with van der Waals surface area (Å²) in [5.41, 5.74) is 1.93. The summed E-state index contributed by atoms with van der Waals surface area (Å²) < 4.78 is 22.8. The van der Waals surface area contributed by atoms with Crippen molar-refractivity contribution in [3.05, 3.63) is 40.7 Å². The Morgan fingerprint density at radius 1 is 1.32 bits per heavy atom. The van der Waals surface area contributed by atoms with Crippen LogP contribution in [0.5, 0.6) is 0 Å². The zero-order chi connectivity index (χ0) is 15.6. The van der Waals surface area contributed by atoms with Gasteiger partial charge in [0, 0.05) is 10.9 Å². The predicted molar refractivity (Wildman–Crippen MR) is 86.2 cm³/mol. The molecule has 0 bridgehead atoms. The van der Waals surface area contributed by atoms with Gasteiger partial charge in [-0.2, -0.15) is 0 Å². The molecule has 5 nitrogen and oxygen atoms in total. The number of nitrogens with zero attached hydrogens (tertiary/aromatic N) is 1. The first-order valence-corrected chi connectivity index (χ1v) is 9.71. The van der Waals surface area contributed by atoms with Gasteiger partial charge in [0.25, 0.3) is 0 Å². The van der Waals surface area contributed by atoms with Crippen LogP contribution in [0.3, 0.4) is 0 Å². The highest BCUT2D eigenvalue weighted by atomic mass is 32.2. The van der Waals surface area contributed by atoms with Crippen LogP contribution in [0.2, 0.25) is 0 Å². The van der Waals surface area contributed by atoms with Gasteiger partial charge in [-0.25, -0.2) is 13.4 Å². The molecule has 1 N–H and O–H groups in total. The van der Waals surface area contributed by atoms with Crippen LogP contribution in [-0.2, 0) is 21.2 Å². The quantitative estimate of drug-likeness (QED) is 0.924. The molecule has 1 atom stereocenters. The molecule has 0 aliphatic carbocycles. The van der Waals surface area contributed by atoms with Gasteiger partial charge >= 0.3 is 0 Å². The lowest BCUT2D eigenvalue weighted by atomic mass is 10.1. The van der Waals surface area contributed by atoms with Crippen LogP contribution < -0.4 is 5.32 Å². The average molecular weight is 336 g/mol. The number of amides is 1. The van der Waals surface area contributed by atoms with Crippen molar-refractivity contribution in [2.24, 2.45) is 5.92 Å². The molecule has 0 spiro atoms. The molecule has 0 radical (unpaired) electrons. The zero-order valence-electron chi connectivity index (χ0n) is 11.9. The SMILES string of the molecule is O=C(NCc1nc(-c2ccccc2)cs1)[C@H]1CCS(=O)(=O)C1. The lowest BCUT2D eigenvalue weighted by Gasteiger charge is -2.07. The monoisotopic (exact) mass is 336 g/mol. The van der Waals surface area contributed by atoms with Gasteiger partial charge in [-0.15, -0.1) is 11.3 Å². The van der Waals surface area contributed by atoms with Crippen molar-refractivity contribution < 1.29 is 13.2 Å². The van der Waals surface area contributed by atoms with E-state index in [0.717, 1.165) is 16.3 Å². The molecular weight excluding hydrogens is 320 g/mol. The Labute approximate surface area is 133 Å². The van der Waals surface area contributed by atoms with Crippen LogP contribution in [0, 0.1) is 5.92 Å². The summed E-state index contributed by atoms with van der Waals surface area (Å²) in [6.45, 7) is 0.340. The Bertz CT molecular complexity index is 769. The summed E-state index contributed by atoms with van der Waals surface area (Å²) in [4.78, 5) is 16.5. The fourth-order valence-corrected chi connectivity index (χ4v) is 4.93. The molecule has 2 heterocycles. The lowest BCUT2D eigenvalue weighted by molar-refractivity contribution is -0.124. The Morgan fingerprint density at radius 2 is 2.09 bits per heavy atom. The molecule has 1 aliphatic rings. The molecule has 1 amide bonds. The Balaban J connectivity index is 1.59. The molecular formula is C15H16N2O3S2. The maximum absolute atomic E-state index is 12.0. The second-order valence-electron chi connectivity index (χ2n) is 5.31. The van der Waals surface area contributed by atoms with E-state index < -0.39 is 15.8 Å². The second kappa shape index (κ2) is 6.18. The number of thiazole rings is 1. The fourth-order valence-electron chi connectivity index (χ4n) is 2.44. The Hall–Kier alpha value is -1.73. The van der Waals surface area contributed by atoms with E-state index in [-0.39, 0.29) is 17.4 Å². The largest absolute Gasteiger partial charge is 0.349 e. The molecule has 1 aromatic heterocycles. The summed E-state index contributed by atoms with van der Waals surface area (Å²) in [5.74, 6) is -0.539. The first-order chi connectivity index (χ1) is 10.5. The number of benzene rings is 1. The highest BCUT2D eigenvalue weighted by Gasteiger charge is 2.32. The Morgan fingerprint density at radius 3 is 2.77 bits per heavy atom. The van der Waals surface area contributed by atoms with Crippen LogP contribution in [0.15, 0.2) is 35.7 Å². The minimum Gasteiger partial charge on any atom is -0.349 e. The predicted octanol–water partition coefficient (Wildman–Crippen LogP) is 1.86. The van der Waals surface area contributed by atoms with Gasteiger partial charge < -0.3 is 5.32 Å². The topological polar surface area (TPSA) is 76.1 Å². The van der Waals surface area contributed by atoms with Crippen molar-refractivity contribution in [3.63, 3.8) is 0 Å². The number of hydrogen-bond donors (Lipinski definition) is 1. The summed E-state index contributed by atoms with van der Waals surface area (Å²) in [6.07, 6.45) is 0.418. The van der Waals surface area contributed by atoms with Crippen LogP contribution in [0.1, 0.15) is 11.4 Å².